The van der Waals surface area contributed by atoms with Crippen LogP contribution in [0.25, 0.3) is 0 Å². The molecule has 2 aromatic rings. The Hall–Kier alpha value is -2.77. The van der Waals surface area contributed by atoms with Gasteiger partial charge >= 0.3 is 6.36 Å². The molecule has 1 aromatic heterocycles. The summed E-state index contributed by atoms with van der Waals surface area (Å²) in [6.07, 6.45) is -4.71. The molecule has 0 saturated heterocycles. The lowest BCUT2D eigenvalue weighted by molar-refractivity contribution is -0.274. The zero-order valence-corrected chi connectivity index (χ0v) is 13.2. The zero-order chi connectivity index (χ0) is 17.7. The molecule has 24 heavy (non-hydrogen) atoms. The summed E-state index contributed by atoms with van der Waals surface area (Å²) in [6, 6.07) is 9.05. The van der Waals surface area contributed by atoms with Crippen molar-refractivity contribution in [1.29, 1.82) is 0 Å². The van der Waals surface area contributed by atoms with E-state index in [1.165, 1.54) is 24.3 Å². The van der Waals surface area contributed by atoms with Crippen molar-refractivity contribution in [3.05, 3.63) is 53.3 Å². The summed E-state index contributed by atoms with van der Waals surface area (Å²) in [5, 5.41) is 2.81. The highest BCUT2D eigenvalue weighted by Gasteiger charge is 2.30. The van der Waals surface area contributed by atoms with Crippen molar-refractivity contribution in [2.45, 2.75) is 26.8 Å². The SMILES string of the molecule is Cc1cc(CN=C(N)Nc2ccc(OC(F)(F)F)cc2)cc(C)n1. The van der Waals surface area contributed by atoms with Crippen molar-refractivity contribution in [3.63, 3.8) is 0 Å². The minimum atomic E-state index is -4.71. The Balaban J connectivity index is 1.97. The molecular weight excluding hydrogens is 321 g/mol. The molecule has 8 heteroatoms. The molecule has 0 atom stereocenters. The van der Waals surface area contributed by atoms with E-state index in [0.717, 1.165) is 17.0 Å². The van der Waals surface area contributed by atoms with E-state index in [0.29, 0.717) is 12.2 Å². The van der Waals surface area contributed by atoms with Crippen molar-refractivity contribution in [2.75, 3.05) is 5.32 Å². The second-order valence-electron chi connectivity index (χ2n) is 5.16. The molecule has 1 aromatic carbocycles. The van der Waals surface area contributed by atoms with E-state index in [1.807, 2.05) is 26.0 Å². The number of nitrogens with two attached hydrogens (primary N) is 1. The maximum atomic E-state index is 12.1. The van der Waals surface area contributed by atoms with E-state index in [2.05, 4.69) is 20.0 Å². The predicted molar refractivity (Wildman–Crippen MR) is 85.8 cm³/mol. The topological polar surface area (TPSA) is 72.5 Å². The third-order valence-electron chi connectivity index (χ3n) is 2.93. The second kappa shape index (κ2) is 7.20. The number of hydrogen-bond acceptors (Lipinski definition) is 3. The number of aromatic nitrogens is 1. The van der Waals surface area contributed by atoms with Crippen LogP contribution < -0.4 is 15.8 Å². The van der Waals surface area contributed by atoms with Gasteiger partial charge in [-0.25, -0.2) is 4.99 Å². The summed E-state index contributed by atoms with van der Waals surface area (Å²) < 4.78 is 40.1. The number of guanidine groups is 1. The number of nitrogens with one attached hydrogen (secondary N) is 1. The molecule has 1 heterocycles. The fraction of sp³-hybridized carbons (Fsp3) is 0.250. The highest BCUT2D eigenvalue weighted by molar-refractivity contribution is 5.92. The van der Waals surface area contributed by atoms with E-state index in [4.69, 9.17) is 5.73 Å². The number of halogens is 3. The van der Waals surface area contributed by atoms with E-state index in [9.17, 15) is 13.2 Å². The zero-order valence-electron chi connectivity index (χ0n) is 13.2. The number of hydrogen-bond donors (Lipinski definition) is 2. The molecule has 0 fully saturated rings. The van der Waals surface area contributed by atoms with Crippen molar-refractivity contribution in [1.82, 2.24) is 4.98 Å². The fourth-order valence-corrected chi connectivity index (χ4v) is 2.12. The van der Waals surface area contributed by atoms with E-state index in [-0.39, 0.29) is 11.7 Å². The Bertz CT molecular complexity index is 707. The van der Waals surface area contributed by atoms with Crippen LogP contribution in [0, 0.1) is 13.8 Å². The van der Waals surface area contributed by atoms with Gasteiger partial charge < -0.3 is 15.8 Å². The van der Waals surface area contributed by atoms with Crippen LogP contribution >= 0.6 is 0 Å². The lowest BCUT2D eigenvalue weighted by Gasteiger charge is -2.10. The van der Waals surface area contributed by atoms with Crippen molar-refractivity contribution in [2.24, 2.45) is 10.7 Å². The van der Waals surface area contributed by atoms with Gasteiger partial charge in [0.2, 0.25) is 0 Å². The summed E-state index contributed by atoms with van der Waals surface area (Å²) >= 11 is 0. The van der Waals surface area contributed by atoms with Crippen molar-refractivity contribution >= 4 is 11.6 Å². The number of benzene rings is 1. The van der Waals surface area contributed by atoms with Crippen molar-refractivity contribution in [3.8, 4) is 5.75 Å². The van der Waals surface area contributed by atoms with Gasteiger partial charge in [0.15, 0.2) is 5.96 Å². The Kier molecular flexibility index (Phi) is 5.28. The lowest BCUT2D eigenvalue weighted by atomic mass is 10.2. The van der Waals surface area contributed by atoms with E-state index < -0.39 is 6.36 Å². The average molecular weight is 338 g/mol. The molecular formula is C16H17F3N4O. The Labute approximate surface area is 137 Å². The van der Waals surface area contributed by atoms with Gasteiger partial charge in [0.25, 0.3) is 0 Å². The minimum Gasteiger partial charge on any atom is -0.406 e. The first-order valence-corrected chi connectivity index (χ1v) is 7.08. The fourth-order valence-electron chi connectivity index (χ4n) is 2.12. The summed E-state index contributed by atoms with van der Waals surface area (Å²) in [6.45, 7) is 4.16. The predicted octanol–water partition coefficient (Wildman–Crippen LogP) is 3.52. The molecule has 0 unspecified atom stereocenters. The quantitative estimate of drug-likeness (QED) is 0.661. The molecule has 5 nitrogen and oxygen atoms in total. The smallest absolute Gasteiger partial charge is 0.406 e. The van der Waals surface area contributed by atoms with Gasteiger partial charge in [-0.3, -0.25) is 4.98 Å². The maximum Gasteiger partial charge on any atom is 0.573 e. The van der Waals surface area contributed by atoms with Gasteiger partial charge in [-0.2, -0.15) is 0 Å². The van der Waals surface area contributed by atoms with E-state index >= 15 is 0 Å². The van der Waals surface area contributed by atoms with Gasteiger partial charge in [0.05, 0.1) is 6.54 Å². The third-order valence-corrected chi connectivity index (χ3v) is 2.93. The molecule has 128 valence electrons. The van der Waals surface area contributed by atoms with Crippen LogP contribution in [0.15, 0.2) is 41.4 Å². The molecule has 0 aliphatic rings. The second-order valence-corrected chi connectivity index (χ2v) is 5.16. The molecule has 0 saturated carbocycles. The monoisotopic (exact) mass is 338 g/mol. The molecule has 0 amide bonds. The van der Waals surface area contributed by atoms with Gasteiger partial charge in [-0.05, 0) is 55.8 Å². The number of nitrogens with zero attached hydrogens (tertiary/aromatic N) is 2. The summed E-state index contributed by atoms with van der Waals surface area (Å²) in [7, 11) is 0. The summed E-state index contributed by atoms with van der Waals surface area (Å²) in [5.74, 6) is -0.141. The lowest BCUT2D eigenvalue weighted by Crippen LogP contribution is -2.22. The van der Waals surface area contributed by atoms with Gasteiger partial charge in [0.1, 0.15) is 5.75 Å². The average Bonchev–Trinajstić information content (AvgIpc) is 2.45. The molecule has 3 N–H and O–H groups in total. The van der Waals surface area contributed by atoms with Gasteiger partial charge in [0, 0.05) is 17.1 Å². The first-order chi connectivity index (χ1) is 11.2. The highest BCUT2D eigenvalue weighted by atomic mass is 19.4. The van der Waals surface area contributed by atoms with Crippen LogP contribution in [0.1, 0.15) is 17.0 Å². The van der Waals surface area contributed by atoms with Crippen LogP contribution in [0.2, 0.25) is 0 Å². The Morgan fingerprint density at radius 2 is 1.75 bits per heavy atom. The number of alkyl halides is 3. The van der Waals surface area contributed by atoms with Crippen LogP contribution in [0.4, 0.5) is 18.9 Å². The summed E-state index contributed by atoms with van der Waals surface area (Å²) in [4.78, 5) is 8.47. The number of aryl methyl sites for hydroxylation is 2. The molecule has 0 bridgehead atoms. The molecule has 0 aliphatic heterocycles. The van der Waals surface area contributed by atoms with Crippen molar-refractivity contribution < 1.29 is 17.9 Å². The van der Waals surface area contributed by atoms with E-state index in [1.54, 1.807) is 0 Å². The minimum absolute atomic E-state index is 0.159. The number of anilines is 1. The standard InChI is InChI=1S/C16H17F3N4O/c1-10-7-12(8-11(2)22-10)9-21-15(20)23-13-3-5-14(6-4-13)24-16(17,18)19/h3-8H,9H2,1-2H3,(H3,20,21,23). The highest BCUT2D eigenvalue weighted by Crippen LogP contribution is 2.23. The number of pyridine rings is 1. The number of ether oxygens (including phenoxy) is 1. The summed E-state index contributed by atoms with van der Waals surface area (Å²) in [5.41, 5.74) is 9.05. The van der Waals surface area contributed by atoms with Crippen LogP contribution in [-0.4, -0.2) is 17.3 Å². The van der Waals surface area contributed by atoms with Crippen LogP contribution in [0.3, 0.4) is 0 Å². The Morgan fingerprint density at radius 1 is 1.17 bits per heavy atom. The van der Waals surface area contributed by atoms with Crippen LogP contribution in [0.5, 0.6) is 5.75 Å². The normalized spacial score (nSPS) is 12.1. The molecule has 2 rings (SSSR count). The van der Waals surface area contributed by atoms with Crippen LogP contribution in [-0.2, 0) is 6.54 Å². The Morgan fingerprint density at radius 3 is 2.29 bits per heavy atom. The largest absolute Gasteiger partial charge is 0.573 e. The molecule has 0 radical (unpaired) electrons. The maximum absolute atomic E-state index is 12.1. The first kappa shape index (κ1) is 17.6. The van der Waals surface area contributed by atoms with Gasteiger partial charge in [-0.1, -0.05) is 0 Å². The number of rotatable bonds is 4. The molecule has 0 aliphatic carbocycles. The first-order valence-electron chi connectivity index (χ1n) is 7.08. The number of aliphatic imine (C=N–C) groups is 1. The molecule has 0 spiro atoms. The third kappa shape index (κ3) is 5.79. The van der Waals surface area contributed by atoms with Gasteiger partial charge in [-0.15, -0.1) is 13.2 Å².